The Morgan fingerprint density at radius 3 is 2.42 bits per heavy atom. The summed E-state index contributed by atoms with van der Waals surface area (Å²) in [5, 5.41) is 9.78. The molecule has 0 aliphatic carbocycles. The van der Waals surface area contributed by atoms with Crippen molar-refractivity contribution in [2.45, 2.75) is 26.2 Å². The molecule has 0 spiro atoms. The van der Waals surface area contributed by atoms with Gasteiger partial charge in [0.2, 0.25) is 5.91 Å². The van der Waals surface area contributed by atoms with Crippen LogP contribution >= 0.6 is 12.4 Å². The largest absolute Gasteiger partial charge is 0.355 e. The van der Waals surface area contributed by atoms with Gasteiger partial charge in [0.05, 0.1) is 0 Å². The summed E-state index contributed by atoms with van der Waals surface area (Å²) in [7, 11) is 0. The van der Waals surface area contributed by atoms with Crippen molar-refractivity contribution in [2.24, 2.45) is 11.8 Å². The van der Waals surface area contributed by atoms with Crippen molar-refractivity contribution in [3.63, 3.8) is 0 Å². The third-order valence-corrected chi connectivity index (χ3v) is 4.90. The molecule has 0 aromatic heterocycles. The van der Waals surface area contributed by atoms with E-state index < -0.39 is 0 Å². The SMILES string of the molecule is CC(CC(=O)Nc1cccc(Nc2ccccc2)c1)C1CCNCC1.Cl. The molecule has 0 bridgehead atoms. The number of rotatable bonds is 6. The molecule has 1 aliphatic heterocycles. The minimum atomic E-state index is 0. The molecule has 0 radical (unpaired) electrons. The van der Waals surface area contributed by atoms with Crippen molar-refractivity contribution in [3.05, 3.63) is 54.6 Å². The number of nitrogens with one attached hydrogen (secondary N) is 3. The second-order valence-corrected chi connectivity index (χ2v) is 6.89. The minimum Gasteiger partial charge on any atom is -0.355 e. The van der Waals surface area contributed by atoms with Crippen LogP contribution in [-0.2, 0) is 4.79 Å². The second-order valence-electron chi connectivity index (χ2n) is 6.89. The van der Waals surface area contributed by atoms with E-state index in [9.17, 15) is 4.79 Å². The zero-order chi connectivity index (χ0) is 17.5. The van der Waals surface area contributed by atoms with Crippen molar-refractivity contribution < 1.29 is 4.79 Å². The molecule has 1 fully saturated rings. The van der Waals surface area contributed by atoms with Crippen LogP contribution in [0, 0.1) is 11.8 Å². The van der Waals surface area contributed by atoms with Gasteiger partial charge in [-0.25, -0.2) is 0 Å². The third-order valence-electron chi connectivity index (χ3n) is 4.90. The molecule has 140 valence electrons. The number of para-hydroxylation sites is 1. The number of benzene rings is 2. The van der Waals surface area contributed by atoms with E-state index in [-0.39, 0.29) is 18.3 Å². The van der Waals surface area contributed by atoms with Crippen molar-refractivity contribution in [1.82, 2.24) is 5.32 Å². The van der Waals surface area contributed by atoms with E-state index >= 15 is 0 Å². The van der Waals surface area contributed by atoms with Crippen molar-refractivity contribution in [2.75, 3.05) is 23.7 Å². The molecule has 2 aromatic rings. The molecule has 2 aromatic carbocycles. The number of piperidine rings is 1. The summed E-state index contributed by atoms with van der Waals surface area (Å²) in [6.07, 6.45) is 2.93. The zero-order valence-corrected chi connectivity index (χ0v) is 16.0. The lowest BCUT2D eigenvalue weighted by Gasteiger charge is -2.27. The molecule has 1 heterocycles. The van der Waals surface area contributed by atoms with Gasteiger partial charge in [-0.2, -0.15) is 0 Å². The van der Waals surface area contributed by atoms with Gasteiger partial charge in [-0.1, -0.05) is 31.2 Å². The van der Waals surface area contributed by atoms with Crippen LogP contribution in [0.25, 0.3) is 0 Å². The standard InChI is InChI=1S/C21H27N3O.ClH/c1-16(17-10-12-22-13-11-17)14-21(25)24-20-9-5-8-19(15-20)23-18-6-3-2-4-7-18;/h2-9,15-17,22-23H,10-14H2,1H3,(H,24,25);1H. The topological polar surface area (TPSA) is 53.2 Å². The molecule has 1 amide bonds. The number of hydrogen-bond acceptors (Lipinski definition) is 3. The summed E-state index contributed by atoms with van der Waals surface area (Å²) in [5.41, 5.74) is 2.84. The molecule has 1 saturated heterocycles. The van der Waals surface area contributed by atoms with Crippen LogP contribution in [0.1, 0.15) is 26.2 Å². The highest BCUT2D eigenvalue weighted by atomic mass is 35.5. The first kappa shape index (κ1) is 20.3. The number of halogens is 1. The summed E-state index contributed by atoms with van der Waals surface area (Å²) < 4.78 is 0. The molecule has 1 atom stereocenters. The van der Waals surface area contributed by atoms with Gasteiger partial charge < -0.3 is 16.0 Å². The average molecular weight is 374 g/mol. The highest BCUT2D eigenvalue weighted by Gasteiger charge is 2.22. The van der Waals surface area contributed by atoms with Crippen molar-refractivity contribution in [1.29, 1.82) is 0 Å². The maximum atomic E-state index is 12.4. The Morgan fingerprint density at radius 2 is 1.69 bits per heavy atom. The Balaban J connectivity index is 0.00000243. The van der Waals surface area contributed by atoms with E-state index in [0.29, 0.717) is 18.3 Å². The van der Waals surface area contributed by atoms with Gasteiger partial charge in [-0.05, 0) is 68.1 Å². The highest BCUT2D eigenvalue weighted by molar-refractivity contribution is 5.91. The summed E-state index contributed by atoms with van der Waals surface area (Å²) in [6, 6.07) is 17.9. The number of anilines is 3. The first-order valence-corrected chi connectivity index (χ1v) is 9.13. The average Bonchev–Trinajstić information content (AvgIpc) is 2.63. The molecule has 5 heteroatoms. The minimum absolute atomic E-state index is 0. The fourth-order valence-corrected chi connectivity index (χ4v) is 3.45. The van der Waals surface area contributed by atoms with Gasteiger partial charge in [0.15, 0.2) is 0 Å². The smallest absolute Gasteiger partial charge is 0.224 e. The predicted octanol–water partition coefficient (Wildman–Crippen LogP) is 4.82. The number of carbonyl (C=O) groups is 1. The van der Waals surface area contributed by atoms with Crippen molar-refractivity contribution >= 4 is 35.4 Å². The van der Waals surface area contributed by atoms with Gasteiger partial charge in [0.1, 0.15) is 0 Å². The molecule has 0 saturated carbocycles. The Kier molecular flexibility index (Phi) is 7.95. The molecule has 1 unspecified atom stereocenters. The van der Waals surface area contributed by atoms with Crippen LogP contribution in [0.15, 0.2) is 54.6 Å². The third kappa shape index (κ3) is 6.04. The molecular weight excluding hydrogens is 346 g/mol. The lowest BCUT2D eigenvalue weighted by atomic mass is 9.84. The fourth-order valence-electron chi connectivity index (χ4n) is 3.45. The van der Waals surface area contributed by atoms with Gasteiger partial charge in [-0.15, -0.1) is 12.4 Å². The molecule has 1 aliphatic rings. The van der Waals surface area contributed by atoms with E-state index in [1.54, 1.807) is 0 Å². The lowest BCUT2D eigenvalue weighted by Crippen LogP contribution is -2.32. The molecule has 3 rings (SSSR count). The Labute approximate surface area is 162 Å². The normalized spacial score (nSPS) is 15.6. The van der Waals surface area contributed by atoms with Crippen LogP contribution in [0.2, 0.25) is 0 Å². The monoisotopic (exact) mass is 373 g/mol. The van der Waals surface area contributed by atoms with E-state index in [1.165, 1.54) is 12.8 Å². The number of carbonyl (C=O) groups excluding carboxylic acids is 1. The summed E-state index contributed by atoms with van der Waals surface area (Å²) in [4.78, 5) is 12.4. The number of amides is 1. The highest BCUT2D eigenvalue weighted by Crippen LogP contribution is 2.25. The van der Waals surface area contributed by atoms with E-state index in [1.807, 2.05) is 54.6 Å². The molecule has 26 heavy (non-hydrogen) atoms. The Hall–Kier alpha value is -2.04. The lowest BCUT2D eigenvalue weighted by molar-refractivity contribution is -0.117. The Bertz CT molecular complexity index is 687. The molecule has 4 nitrogen and oxygen atoms in total. The van der Waals surface area contributed by atoms with Gasteiger partial charge in [-0.3, -0.25) is 4.79 Å². The van der Waals surface area contributed by atoms with Crippen LogP contribution in [0.3, 0.4) is 0 Å². The summed E-state index contributed by atoms with van der Waals surface area (Å²) in [5.74, 6) is 1.17. The number of hydrogen-bond donors (Lipinski definition) is 3. The molecule has 3 N–H and O–H groups in total. The van der Waals surface area contributed by atoms with Gasteiger partial charge >= 0.3 is 0 Å². The first-order valence-electron chi connectivity index (χ1n) is 9.13. The van der Waals surface area contributed by atoms with Crippen LogP contribution in [0.4, 0.5) is 17.1 Å². The van der Waals surface area contributed by atoms with Crippen molar-refractivity contribution in [3.8, 4) is 0 Å². The van der Waals surface area contributed by atoms with Crippen LogP contribution < -0.4 is 16.0 Å². The quantitative estimate of drug-likeness (QED) is 0.680. The van der Waals surface area contributed by atoms with E-state index in [4.69, 9.17) is 0 Å². The fraction of sp³-hybridized carbons (Fsp3) is 0.381. The van der Waals surface area contributed by atoms with Crippen LogP contribution in [0.5, 0.6) is 0 Å². The van der Waals surface area contributed by atoms with Crippen LogP contribution in [-0.4, -0.2) is 19.0 Å². The first-order chi connectivity index (χ1) is 12.2. The van der Waals surface area contributed by atoms with Gasteiger partial charge in [0, 0.05) is 23.5 Å². The van der Waals surface area contributed by atoms with Gasteiger partial charge in [0.25, 0.3) is 0 Å². The molecular formula is C21H28ClN3O. The zero-order valence-electron chi connectivity index (χ0n) is 15.2. The Morgan fingerprint density at radius 1 is 1.04 bits per heavy atom. The van der Waals surface area contributed by atoms with E-state index in [0.717, 1.165) is 30.2 Å². The maximum absolute atomic E-state index is 12.4. The van der Waals surface area contributed by atoms with E-state index in [2.05, 4.69) is 22.9 Å². The summed E-state index contributed by atoms with van der Waals surface area (Å²) >= 11 is 0. The maximum Gasteiger partial charge on any atom is 0.224 e. The summed E-state index contributed by atoms with van der Waals surface area (Å²) in [6.45, 7) is 4.34. The second kappa shape index (κ2) is 10.2. The predicted molar refractivity (Wildman–Crippen MR) is 111 cm³/mol.